The number of rotatable bonds is 2. The zero-order valence-electron chi connectivity index (χ0n) is 9.97. The van der Waals surface area contributed by atoms with E-state index in [1.165, 1.54) is 18.3 Å². The largest absolute Gasteiger partial charge is 0.456 e. The molecule has 0 aliphatic heterocycles. The second kappa shape index (κ2) is 4.82. The minimum Gasteiger partial charge on any atom is -0.456 e. The number of ether oxygens (including phenoxy) is 1. The maximum Gasteiger partial charge on any atom is 0.340 e. The lowest BCUT2D eigenvalue weighted by Crippen LogP contribution is -2.24. The van der Waals surface area contributed by atoms with Crippen LogP contribution in [0.4, 0.5) is 0 Å². The Hall–Kier alpha value is -2.11. The predicted octanol–water partition coefficient (Wildman–Crippen LogP) is 1.13. The fourth-order valence-corrected chi connectivity index (χ4v) is 1.05. The van der Waals surface area contributed by atoms with Crippen LogP contribution in [0.15, 0.2) is 23.5 Å². The number of carbonyl (C=O) groups excluding carboxylic acids is 1. The lowest BCUT2D eigenvalue weighted by atomic mass is 10.2. The van der Waals surface area contributed by atoms with Crippen molar-refractivity contribution in [1.82, 2.24) is 4.98 Å². The van der Waals surface area contributed by atoms with E-state index in [-0.39, 0.29) is 5.84 Å². The summed E-state index contributed by atoms with van der Waals surface area (Å²) in [6.45, 7) is 5.34. The van der Waals surface area contributed by atoms with Gasteiger partial charge in [-0.25, -0.2) is 4.79 Å². The summed E-state index contributed by atoms with van der Waals surface area (Å²) in [5.74, 6) is -0.572. The summed E-state index contributed by atoms with van der Waals surface area (Å²) in [6, 6.07) is 2.99. The Morgan fingerprint density at radius 3 is 2.53 bits per heavy atom. The first-order valence-electron chi connectivity index (χ1n) is 5.01. The lowest BCUT2D eigenvalue weighted by Gasteiger charge is -2.19. The molecular weight excluding hydrogens is 222 g/mol. The van der Waals surface area contributed by atoms with Gasteiger partial charge < -0.3 is 15.7 Å². The average molecular weight is 237 g/mol. The van der Waals surface area contributed by atoms with Gasteiger partial charge in [0, 0.05) is 6.20 Å². The molecule has 0 atom stereocenters. The maximum absolute atomic E-state index is 11.6. The van der Waals surface area contributed by atoms with Crippen LogP contribution in [0.5, 0.6) is 0 Å². The Morgan fingerprint density at radius 1 is 1.47 bits per heavy atom. The fraction of sp³-hybridized carbons (Fsp3) is 0.364. The van der Waals surface area contributed by atoms with Gasteiger partial charge in [-0.1, -0.05) is 5.16 Å². The second-order valence-corrected chi connectivity index (χ2v) is 4.42. The van der Waals surface area contributed by atoms with Crippen LogP contribution in [-0.2, 0) is 4.74 Å². The molecule has 0 aliphatic rings. The summed E-state index contributed by atoms with van der Waals surface area (Å²) in [4.78, 5) is 15.5. The molecule has 92 valence electrons. The van der Waals surface area contributed by atoms with Gasteiger partial charge in [0.15, 0.2) is 5.84 Å². The first kappa shape index (κ1) is 13.0. The van der Waals surface area contributed by atoms with Crippen LogP contribution >= 0.6 is 0 Å². The summed E-state index contributed by atoms with van der Waals surface area (Å²) in [5, 5.41) is 11.3. The van der Waals surface area contributed by atoms with E-state index in [1.54, 1.807) is 20.8 Å². The van der Waals surface area contributed by atoms with Crippen molar-refractivity contribution in [3.8, 4) is 0 Å². The van der Waals surface area contributed by atoms with E-state index >= 15 is 0 Å². The van der Waals surface area contributed by atoms with Gasteiger partial charge in [0.2, 0.25) is 0 Å². The molecule has 0 fully saturated rings. The van der Waals surface area contributed by atoms with Gasteiger partial charge in [0.05, 0.1) is 5.56 Å². The van der Waals surface area contributed by atoms with Crippen molar-refractivity contribution in [3.63, 3.8) is 0 Å². The van der Waals surface area contributed by atoms with Gasteiger partial charge in [-0.2, -0.15) is 0 Å². The quantitative estimate of drug-likeness (QED) is 0.264. The molecule has 0 aliphatic carbocycles. The van der Waals surface area contributed by atoms with Crippen LogP contribution in [0.2, 0.25) is 0 Å². The van der Waals surface area contributed by atoms with Crippen LogP contribution in [0.25, 0.3) is 0 Å². The van der Waals surface area contributed by atoms with Crippen molar-refractivity contribution in [2.75, 3.05) is 0 Å². The highest BCUT2D eigenvalue weighted by Gasteiger charge is 2.18. The molecule has 3 N–H and O–H groups in total. The van der Waals surface area contributed by atoms with E-state index in [1.807, 2.05) is 0 Å². The van der Waals surface area contributed by atoms with Crippen molar-refractivity contribution in [2.24, 2.45) is 10.9 Å². The molecule has 1 aromatic rings. The monoisotopic (exact) mass is 237 g/mol. The number of amidine groups is 1. The molecule has 0 spiro atoms. The molecule has 17 heavy (non-hydrogen) atoms. The Labute approximate surface area is 99.1 Å². The highest BCUT2D eigenvalue weighted by molar-refractivity contribution is 5.96. The first-order valence-corrected chi connectivity index (χ1v) is 5.01. The van der Waals surface area contributed by atoms with Crippen LogP contribution < -0.4 is 5.73 Å². The van der Waals surface area contributed by atoms with E-state index in [2.05, 4.69) is 10.1 Å². The Bertz CT molecular complexity index is 432. The molecule has 0 unspecified atom stereocenters. The number of nitrogens with zero attached hydrogens (tertiary/aromatic N) is 2. The number of hydrogen-bond donors (Lipinski definition) is 2. The predicted molar refractivity (Wildman–Crippen MR) is 61.9 cm³/mol. The highest BCUT2D eigenvalue weighted by atomic mass is 16.6. The molecule has 0 bridgehead atoms. The molecule has 6 heteroatoms. The van der Waals surface area contributed by atoms with E-state index in [4.69, 9.17) is 15.7 Å². The van der Waals surface area contributed by atoms with Crippen molar-refractivity contribution >= 4 is 11.8 Å². The molecule has 0 saturated carbocycles. The minimum atomic E-state index is -0.554. The van der Waals surface area contributed by atoms with Gasteiger partial charge in [-0.15, -0.1) is 0 Å². The van der Waals surface area contributed by atoms with Crippen molar-refractivity contribution in [3.05, 3.63) is 29.6 Å². The van der Waals surface area contributed by atoms with Gasteiger partial charge in [0.1, 0.15) is 11.3 Å². The number of aromatic nitrogens is 1. The highest BCUT2D eigenvalue weighted by Crippen LogP contribution is 2.11. The average Bonchev–Trinajstić information content (AvgIpc) is 2.26. The molecular formula is C11H15N3O3. The normalized spacial score (nSPS) is 12.3. The SMILES string of the molecule is CC(C)(C)OC(=O)c1ccc(C(N)=NO)nc1. The molecule has 0 saturated heterocycles. The number of esters is 1. The summed E-state index contributed by atoms with van der Waals surface area (Å²) < 4.78 is 5.16. The Balaban J connectivity index is 2.85. The standard InChI is InChI=1S/C11H15N3O3/c1-11(2,3)17-10(15)7-4-5-8(13-6-7)9(12)14-16/h4-6,16H,1-3H3,(H2,12,14). The summed E-state index contributed by atoms with van der Waals surface area (Å²) in [7, 11) is 0. The van der Waals surface area contributed by atoms with Gasteiger partial charge in [0.25, 0.3) is 0 Å². The molecule has 1 aromatic heterocycles. The van der Waals surface area contributed by atoms with Gasteiger partial charge >= 0.3 is 5.97 Å². The van der Waals surface area contributed by atoms with Crippen LogP contribution in [0.1, 0.15) is 36.8 Å². The summed E-state index contributed by atoms with van der Waals surface area (Å²) in [6.07, 6.45) is 1.32. The Kier molecular flexibility index (Phi) is 3.67. The molecule has 0 radical (unpaired) electrons. The number of carbonyl (C=O) groups is 1. The lowest BCUT2D eigenvalue weighted by molar-refractivity contribution is 0.00691. The zero-order chi connectivity index (χ0) is 13.1. The number of oxime groups is 1. The number of nitrogens with two attached hydrogens (primary N) is 1. The topological polar surface area (TPSA) is 97.8 Å². The van der Waals surface area contributed by atoms with E-state index in [9.17, 15) is 4.79 Å². The Morgan fingerprint density at radius 2 is 2.12 bits per heavy atom. The molecule has 0 amide bonds. The third-order valence-electron chi connectivity index (χ3n) is 1.77. The van der Waals surface area contributed by atoms with Crippen molar-refractivity contribution in [2.45, 2.75) is 26.4 Å². The van der Waals surface area contributed by atoms with E-state index in [0.717, 1.165) is 0 Å². The summed E-state index contributed by atoms with van der Waals surface area (Å²) in [5.41, 5.74) is 5.40. The number of hydrogen-bond acceptors (Lipinski definition) is 5. The maximum atomic E-state index is 11.6. The number of pyridine rings is 1. The second-order valence-electron chi connectivity index (χ2n) is 4.42. The van der Waals surface area contributed by atoms with Crippen LogP contribution in [0, 0.1) is 0 Å². The van der Waals surface area contributed by atoms with E-state index < -0.39 is 11.6 Å². The molecule has 6 nitrogen and oxygen atoms in total. The molecule has 0 aromatic carbocycles. The van der Waals surface area contributed by atoms with Gasteiger partial charge in [-0.3, -0.25) is 4.98 Å². The third kappa shape index (κ3) is 3.75. The molecule has 1 heterocycles. The fourth-order valence-electron chi connectivity index (χ4n) is 1.05. The van der Waals surface area contributed by atoms with E-state index in [0.29, 0.717) is 11.3 Å². The van der Waals surface area contributed by atoms with Crippen molar-refractivity contribution in [1.29, 1.82) is 0 Å². The summed E-state index contributed by atoms with van der Waals surface area (Å²) >= 11 is 0. The zero-order valence-corrected chi connectivity index (χ0v) is 9.97. The van der Waals surface area contributed by atoms with Crippen molar-refractivity contribution < 1.29 is 14.7 Å². The third-order valence-corrected chi connectivity index (χ3v) is 1.77. The molecule has 1 rings (SSSR count). The van der Waals surface area contributed by atoms with Crippen LogP contribution in [0.3, 0.4) is 0 Å². The smallest absolute Gasteiger partial charge is 0.340 e. The van der Waals surface area contributed by atoms with Gasteiger partial charge in [-0.05, 0) is 32.9 Å². The van der Waals surface area contributed by atoms with Crippen LogP contribution in [-0.4, -0.2) is 27.6 Å². The minimum absolute atomic E-state index is 0.110. The first-order chi connectivity index (χ1) is 7.83.